The minimum Gasteiger partial charge on any atom is -0.491 e. The van der Waals surface area contributed by atoms with Crippen molar-refractivity contribution in [2.45, 2.75) is 6.61 Å². The summed E-state index contributed by atoms with van der Waals surface area (Å²) in [5, 5.41) is 0. The molecule has 0 atom stereocenters. The van der Waals surface area contributed by atoms with Crippen molar-refractivity contribution in [3.63, 3.8) is 0 Å². The third-order valence-electron chi connectivity index (χ3n) is 2.79. The van der Waals surface area contributed by atoms with E-state index >= 15 is 0 Å². The van der Waals surface area contributed by atoms with Crippen LogP contribution in [0.1, 0.15) is 5.56 Å². The van der Waals surface area contributed by atoms with Gasteiger partial charge in [-0.15, -0.1) is 11.6 Å². The van der Waals surface area contributed by atoms with Gasteiger partial charge in [0.15, 0.2) is 0 Å². The number of alkyl halides is 1. The lowest BCUT2D eigenvalue weighted by atomic mass is 10.2. The average molecular weight is 307 g/mol. The van der Waals surface area contributed by atoms with Crippen LogP contribution in [0, 0.1) is 0 Å². The van der Waals surface area contributed by atoms with Crippen molar-refractivity contribution >= 4 is 11.6 Å². The number of hydrogen-bond acceptors (Lipinski definition) is 3. The van der Waals surface area contributed by atoms with Gasteiger partial charge in [0, 0.05) is 5.88 Å². The molecule has 112 valence electrons. The standard InChI is InChI=1S/C17H19ClO3/c18-10-11-19-12-13-20-16-6-8-17(9-7-16)21-14-15-4-2-1-3-5-15/h1-9H,10-14H2. The molecular weight excluding hydrogens is 288 g/mol. The summed E-state index contributed by atoms with van der Waals surface area (Å²) in [5.74, 6) is 2.13. The summed E-state index contributed by atoms with van der Waals surface area (Å²) in [5.41, 5.74) is 1.15. The van der Waals surface area contributed by atoms with Crippen molar-refractivity contribution < 1.29 is 14.2 Å². The minimum atomic E-state index is 0.507. The Labute approximate surface area is 130 Å². The molecule has 0 saturated carbocycles. The molecule has 0 aromatic heterocycles. The van der Waals surface area contributed by atoms with E-state index in [0.29, 0.717) is 32.3 Å². The number of rotatable bonds is 9. The monoisotopic (exact) mass is 306 g/mol. The maximum absolute atomic E-state index is 5.71. The molecule has 0 spiro atoms. The molecular formula is C17H19ClO3. The van der Waals surface area contributed by atoms with Gasteiger partial charge in [-0.2, -0.15) is 0 Å². The smallest absolute Gasteiger partial charge is 0.120 e. The van der Waals surface area contributed by atoms with Gasteiger partial charge in [-0.1, -0.05) is 30.3 Å². The first-order valence-electron chi connectivity index (χ1n) is 6.92. The predicted molar refractivity (Wildman–Crippen MR) is 84.3 cm³/mol. The van der Waals surface area contributed by atoms with Crippen molar-refractivity contribution in [2.75, 3.05) is 25.7 Å². The van der Waals surface area contributed by atoms with Crippen LogP contribution in [0.5, 0.6) is 11.5 Å². The fourth-order valence-corrected chi connectivity index (χ4v) is 1.86. The van der Waals surface area contributed by atoms with E-state index in [1.165, 1.54) is 0 Å². The van der Waals surface area contributed by atoms with Crippen LogP contribution >= 0.6 is 11.6 Å². The zero-order chi connectivity index (χ0) is 14.8. The van der Waals surface area contributed by atoms with Crippen LogP contribution < -0.4 is 9.47 Å². The highest BCUT2D eigenvalue weighted by atomic mass is 35.5. The second-order valence-electron chi connectivity index (χ2n) is 4.40. The van der Waals surface area contributed by atoms with Gasteiger partial charge >= 0.3 is 0 Å². The molecule has 0 saturated heterocycles. The lowest BCUT2D eigenvalue weighted by Crippen LogP contribution is -2.07. The molecule has 0 amide bonds. The van der Waals surface area contributed by atoms with Gasteiger partial charge in [0.1, 0.15) is 24.7 Å². The summed E-state index contributed by atoms with van der Waals surface area (Å²) in [7, 11) is 0. The first kappa shape index (κ1) is 15.7. The van der Waals surface area contributed by atoms with Crippen LogP contribution in [0.2, 0.25) is 0 Å². The van der Waals surface area contributed by atoms with E-state index in [-0.39, 0.29) is 0 Å². The highest BCUT2D eigenvalue weighted by Gasteiger charge is 1.98. The molecule has 0 fully saturated rings. The van der Waals surface area contributed by atoms with E-state index in [9.17, 15) is 0 Å². The Hall–Kier alpha value is -1.71. The fraction of sp³-hybridized carbons (Fsp3) is 0.294. The Morgan fingerprint density at radius 3 is 2.05 bits per heavy atom. The summed E-state index contributed by atoms with van der Waals surface area (Å²) >= 11 is 5.51. The number of hydrogen-bond donors (Lipinski definition) is 0. The van der Waals surface area contributed by atoms with Crippen LogP contribution in [0.3, 0.4) is 0 Å². The lowest BCUT2D eigenvalue weighted by molar-refractivity contribution is 0.111. The zero-order valence-corrected chi connectivity index (χ0v) is 12.6. The van der Waals surface area contributed by atoms with Gasteiger partial charge in [0.05, 0.1) is 13.2 Å². The highest BCUT2D eigenvalue weighted by molar-refractivity contribution is 6.17. The number of halogens is 1. The second kappa shape index (κ2) is 9.27. The molecule has 2 aromatic carbocycles. The first-order valence-corrected chi connectivity index (χ1v) is 7.45. The molecule has 0 aliphatic rings. The molecule has 21 heavy (non-hydrogen) atoms. The predicted octanol–water partition coefficient (Wildman–Crippen LogP) is 3.90. The normalized spacial score (nSPS) is 10.3. The minimum absolute atomic E-state index is 0.507. The summed E-state index contributed by atoms with van der Waals surface area (Å²) in [6.45, 7) is 2.17. The number of ether oxygens (including phenoxy) is 3. The fourth-order valence-electron chi connectivity index (χ4n) is 1.75. The zero-order valence-electron chi connectivity index (χ0n) is 11.8. The van der Waals surface area contributed by atoms with Crippen molar-refractivity contribution in [1.82, 2.24) is 0 Å². The molecule has 0 N–H and O–H groups in total. The van der Waals surface area contributed by atoms with Crippen LogP contribution in [0.25, 0.3) is 0 Å². The quantitative estimate of drug-likeness (QED) is 0.519. The molecule has 2 aromatic rings. The molecule has 3 nitrogen and oxygen atoms in total. The summed E-state index contributed by atoms with van der Waals surface area (Å²) in [4.78, 5) is 0. The van der Waals surface area contributed by atoms with Crippen LogP contribution in [0.15, 0.2) is 54.6 Å². The maximum Gasteiger partial charge on any atom is 0.120 e. The van der Waals surface area contributed by atoms with Crippen molar-refractivity contribution in [1.29, 1.82) is 0 Å². The SMILES string of the molecule is ClCCOCCOc1ccc(OCc2ccccc2)cc1. The van der Waals surface area contributed by atoms with Gasteiger partial charge in [0.25, 0.3) is 0 Å². The largest absolute Gasteiger partial charge is 0.491 e. The Bertz CT molecular complexity index is 499. The highest BCUT2D eigenvalue weighted by Crippen LogP contribution is 2.18. The van der Waals surface area contributed by atoms with Crippen LogP contribution in [0.4, 0.5) is 0 Å². The molecule has 0 unspecified atom stereocenters. The van der Waals surface area contributed by atoms with Gasteiger partial charge in [-0.25, -0.2) is 0 Å². The van der Waals surface area contributed by atoms with E-state index in [1.54, 1.807) is 0 Å². The molecule has 0 heterocycles. The van der Waals surface area contributed by atoms with Crippen molar-refractivity contribution in [2.24, 2.45) is 0 Å². The third kappa shape index (κ3) is 6.06. The van der Waals surface area contributed by atoms with E-state index in [1.807, 2.05) is 54.6 Å². The Morgan fingerprint density at radius 2 is 1.38 bits per heavy atom. The Balaban J connectivity index is 1.71. The molecule has 0 radical (unpaired) electrons. The molecule has 4 heteroatoms. The van der Waals surface area contributed by atoms with Gasteiger partial charge in [-0.05, 0) is 29.8 Å². The van der Waals surface area contributed by atoms with Gasteiger partial charge in [0.2, 0.25) is 0 Å². The summed E-state index contributed by atoms with van der Waals surface area (Å²) in [6, 6.07) is 17.7. The lowest BCUT2D eigenvalue weighted by Gasteiger charge is -2.09. The topological polar surface area (TPSA) is 27.7 Å². The molecule has 0 aliphatic heterocycles. The molecule has 0 aliphatic carbocycles. The summed E-state index contributed by atoms with van der Waals surface area (Å²) < 4.78 is 16.5. The summed E-state index contributed by atoms with van der Waals surface area (Å²) in [6.07, 6.45) is 0. The number of benzene rings is 2. The first-order chi connectivity index (χ1) is 10.4. The Kier molecular flexibility index (Phi) is 6.92. The van der Waals surface area contributed by atoms with Gasteiger partial charge in [-0.3, -0.25) is 0 Å². The van der Waals surface area contributed by atoms with E-state index in [4.69, 9.17) is 25.8 Å². The van der Waals surface area contributed by atoms with E-state index in [2.05, 4.69) is 0 Å². The van der Waals surface area contributed by atoms with E-state index < -0.39 is 0 Å². The van der Waals surface area contributed by atoms with Crippen molar-refractivity contribution in [3.05, 3.63) is 60.2 Å². The Morgan fingerprint density at radius 1 is 0.714 bits per heavy atom. The second-order valence-corrected chi connectivity index (χ2v) is 4.77. The van der Waals surface area contributed by atoms with E-state index in [0.717, 1.165) is 17.1 Å². The third-order valence-corrected chi connectivity index (χ3v) is 2.94. The van der Waals surface area contributed by atoms with Gasteiger partial charge < -0.3 is 14.2 Å². The van der Waals surface area contributed by atoms with Crippen LogP contribution in [-0.2, 0) is 11.3 Å². The molecule has 0 bridgehead atoms. The maximum atomic E-state index is 5.71. The molecule has 2 rings (SSSR count). The van der Waals surface area contributed by atoms with Crippen LogP contribution in [-0.4, -0.2) is 25.7 Å². The average Bonchev–Trinajstić information content (AvgIpc) is 2.55. The van der Waals surface area contributed by atoms with Crippen molar-refractivity contribution in [3.8, 4) is 11.5 Å².